The van der Waals surface area contributed by atoms with Gasteiger partial charge in [-0.15, -0.1) is 0 Å². The molecule has 4 rings (SSSR count). The quantitative estimate of drug-likeness (QED) is 0.720. The van der Waals surface area contributed by atoms with Crippen molar-refractivity contribution < 1.29 is 4.79 Å². The van der Waals surface area contributed by atoms with E-state index in [1.54, 1.807) is 6.08 Å². The number of hydrogen-bond acceptors (Lipinski definition) is 2. The minimum absolute atomic E-state index is 0.134. The first-order valence-electron chi connectivity index (χ1n) is 8.27. The molecule has 24 heavy (non-hydrogen) atoms. The first-order chi connectivity index (χ1) is 11.8. The fourth-order valence-electron chi connectivity index (χ4n) is 2.78. The van der Waals surface area contributed by atoms with E-state index in [0.717, 1.165) is 34.6 Å². The Kier molecular flexibility index (Phi) is 3.87. The molecule has 0 saturated heterocycles. The SMILES string of the molecule is O=C(/C=C/c1ccc2c(cnn2CC2CC2)c1)Nc1ccccc1. The average Bonchev–Trinajstić information content (AvgIpc) is 3.33. The average molecular weight is 317 g/mol. The summed E-state index contributed by atoms with van der Waals surface area (Å²) in [4.78, 5) is 12.0. The van der Waals surface area contributed by atoms with E-state index in [-0.39, 0.29) is 5.91 Å². The van der Waals surface area contributed by atoms with Gasteiger partial charge in [0.1, 0.15) is 0 Å². The molecular formula is C20H19N3O. The summed E-state index contributed by atoms with van der Waals surface area (Å²) in [5.74, 6) is 0.667. The summed E-state index contributed by atoms with van der Waals surface area (Å²) < 4.78 is 2.09. The van der Waals surface area contributed by atoms with Gasteiger partial charge in [-0.1, -0.05) is 24.3 Å². The smallest absolute Gasteiger partial charge is 0.248 e. The number of rotatable bonds is 5. The number of nitrogens with one attached hydrogen (secondary N) is 1. The van der Waals surface area contributed by atoms with Crippen LogP contribution in [0.3, 0.4) is 0 Å². The van der Waals surface area contributed by atoms with Gasteiger partial charge in [-0.05, 0) is 54.7 Å². The first-order valence-corrected chi connectivity index (χ1v) is 8.27. The summed E-state index contributed by atoms with van der Waals surface area (Å²) in [6.07, 6.45) is 7.93. The normalized spacial score (nSPS) is 14.3. The molecule has 1 aromatic heterocycles. The number of amides is 1. The molecule has 0 radical (unpaired) electrons. The van der Waals surface area contributed by atoms with Crippen LogP contribution in [0, 0.1) is 5.92 Å². The number of hydrogen-bond donors (Lipinski definition) is 1. The molecule has 120 valence electrons. The lowest BCUT2D eigenvalue weighted by Crippen LogP contribution is -2.07. The van der Waals surface area contributed by atoms with Crippen LogP contribution in [0.4, 0.5) is 5.69 Å². The van der Waals surface area contributed by atoms with Crippen LogP contribution in [0.2, 0.25) is 0 Å². The third-order valence-corrected chi connectivity index (χ3v) is 4.26. The van der Waals surface area contributed by atoms with Crippen molar-refractivity contribution in [3.8, 4) is 0 Å². The summed E-state index contributed by atoms with van der Waals surface area (Å²) in [5, 5.41) is 8.43. The Bertz CT molecular complexity index is 892. The van der Waals surface area contributed by atoms with E-state index in [2.05, 4.69) is 27.2 Å². The lowest BCUT2D eigenvalue weighted by molar-refractivity contribution is -0.111. The number of fused-ring (bicyclic) bond motifs is 1. The van der Waals surface area contributed by atoms with Gasteiger partial charge in [-0.25, -0.2) is 0 Å². The third-order valence-electron chi connectivity index (χ3n) is 4.26. The number of carbonyl (C=O) groups excluding carboxylic acids is 1. The maximum Gasteiger partial charge on any atom is 0.248 e. The minimum atomic E-state index is -0.134. The second kappa shape index (κ2) is 6.32. The Morgan fingerprint density at radius 1 is 1.21 bits per heavy atom. The van der Waals surface area contributed by atoms with E-state index in [0.29, 0.717) is 0 Å². The predicted octanol–water partition coefficient (Wildman–Crippen LogP) is 4.10. The number of aromatic nitrogens is 2. The molecule has 4 nitrogen and oxygen atoms in total. The number of para-hydroxylation sites is 1. The molecular weight excluding hydrogens is 298 g/mol. The fourth-order valence-corrected chi connectivity index (χ4v) is 2.78. The van der Waals surface area contributed by atoms with Crippen molar-refractivity contribution in [2.24, 2.45) is 5.92 Å². The Morgan fingerprint density at radius 2 is 2.04 bits per heavy atom. The Morgan fingerprint density at radius 3 is 2.83 bits per heavy atom. The molecule has 1 amide bonds. The molecule has 1 N–H and O–H groups in total. The molecule has 0 bridgehead atoms. The molecule has 4 heteroatoms. The van der Waals surface area contributed by atoms with Crippen LogP contribution in [0.15, 0.2) is 60.8 Å². The minimum Gasteiger partial charge on any atom is -0.323 e. The van der Waals surface area contributed by atoms with E-state index < -0.39 is 0 Å². The molecule has 1 aliphatic carbocycles. The monoisotopic (exact) mass is 317 g/mol. The highest BCUT2D eigenvalue weighted by atomic mass is 16.1. The highest BCUT2D eigenvalue weighted by Crippen LogP contribution is 2.31. The molecule has 1 fully saturated rings. The van der Waals surface area contributed by atoms with Gasteiger partial charge >= 0.3 is 0 Å². The summed E-state index contributed by atoms with van der Waals surface area (Å²) in [7, 11) is 0. The number of carbonyl (C=O) groups is 1. The Hall–Kier alpha value is -2.88. The lowest BCUT2D eigenvalue weighted by Gasteiger charge is -2.02. The van der Waals surface area contributed by atoms with E-state index in [4.69, 9.17) is 0 Å². The van der Waals surface area contributed by atoms with Crippen LogP contribution in [0.5, 0.6) is 0 Å². The highest BCUT2D eigenvalue weighted by molar-refractivity contribution is 6.02. The van der Waals surface area contributed by atoms with Crippen LogP contribution < -0.4 is 5.32 Å². The number of nitrogens with zero attached hydrogens (tertiary/aromatic N) is 2. The molecule has 0 spiro atoms. The zero-order valence-corrected chi connectivity index (χ0v) is 13.4. The van der Waals surface area contributed by atoms with Crippen LogP contribution >= 0.6 is 0 Å². The summed E-state index contributed by atoms with van der Waals surface area (Å²) in [5.41, 5.74) is 2.95. The Labute approximate surface area is 140 Å². The van der Waals surface area contributed by atoms with Crippen molar-refractivity contribution in [1.29, 1.82) is 0 Å². The van der Waals surface area contributed by atoms with Gasteiger partial charge in [0, 0.05) is 23.7 Å². The molecule has 1 saturated carbocycles. The summed E-state index contributed by atoms with van der Waals surface area (Å²) >= 11 is 0. The fraction of sp³-hybridized carbons (Fsp3) is 0.200. The molecule has 0 atom stereocenters. The van der Waals surface area contributed by atoms with Crippen LogP contribution in [-0.2, 0) is 11.3 Å². The molecule has 3 aromatic rings. The predicted molar refractivity (Wildman–Crippen MR) is 96.6 cm³/mol. The van der Waals surface area contributed by atoms with Gasteiger partial charge in [-0.3, -0.25) is 9.48 Å². The van der Waals surface area contributed by atoms with Crippen molar-refractivity contribution in [2.45, 2.75) is 19.4 Å². The standard InChI is InChI=1S/C20H19N3O/c24-20(22-18-4-2-1-3-5-18)11-9-15-8-10-19-17(12-15)13-21-23(19)14-16-6-7-16/h1-5,8-13,16H,6-7,14H2,(H,22,24)/b11-9+. The second-order valence-electron chi connectivity index (χ2n) is 6.28. The molecule has 2 aromatic carbocycles. The van der Waals surface area contributed by atoms with Gasteiger partial charge in [-0.2, -0.15) is 5.10 Å². The van der Waals surface area contributed by atoms with Crippen LogP contribution in [0.1, 0.15) is 18.4 Å². The molecule has 0 unspecified atom stereocenters. The van der Waals surface area contributed by atoms with Crippen LogP contribution in [-0.4, -0.2) is 15.7 Å². The maximum atomic E-state index is 12.0. The van der Waals surface area contributed by atoms with Gasteiger partial charge in [0.05, 0.1) is 11.7 Å². The van der Waals surface area contributed by atoms with Crippen molar-refractivity contribution in [3.05, 3.63) is 66.4 Å². The summed E-state index contributed by atoms with van der Waals surface area (Å²) in [6.45, 7) is 1.01. The number of anilines is 1. The lowest BCUT2D eigenvalue weighted by atomic mass is 10.1. The van der Waals surface area contributed by atoms with Gasteiger partial charge < -0.3 is 5.32 Å². The van der Waals surface area contributed by atoms with E-state index in [1.165, 1.54) is 12.8 Å². The second-order valence-corrected chi connectivity index (χ2v) is 6.28. The van der Waals surface area contributed by atoms with Gasteiger partial charge in [0.15, 0.2) is 0 Å². The zero-order valence-electron chi connectivity index (χ0n) is 13.4. The first kappa shape index (κ1) is 14.7. The zero-order chi connectivity index (χ0) is 16.4. The Balaban J connectivity index is 1.46. The maximum absolute atomic E-state index is 12.0. The van der Waals surface area contributed by atoms with Gasteiger partial charge in [0.25, 0.3) is 0 Å². The largest absolute Gasteiger partial charge is 0.323 e. The highest BCUT2D eigenvalue weighted by Gasteiger charge is 2.22. The molecule has 1 heterocycles. The van der Waals surface area contributed by atoms with Crippen molar-refractivity contribution >= 4 is 28.6 Å². The van der Waals surface area contributed by atoms with Crippen molar-refractivity contribution in [3.63, 3.8) is 0 Å². The molecule has 1 aliphatic rings. The number of benzene rings is 2. The van der Waals surface area contributed by atoms with E-state index in [1.807, 2.05) is 48.7 Å². The van der Waals surface area contributed by atoms with Crippen molar-refractivity contribution in [2.75, 3.05) is 5.32 Å². The van der Waals surface area contributed by atoms with Crippen molar-refractivity contribution in [1.82, 2.24) is 9.78 Å². The topological polar surface area (TPSA) is 46.9 Å². The van der Waals surface area contributed by atoms with E-state index >= 15 is 0 Å². The van der Waals surface area contributed by atoms with Gasteiger partial charge in [0.2, 0.25) is 5.91 Å². The van der Waals surface area contributed by atoms with E-state index in [9.17, 15) is 4.79 Å². The molecule has 0 aliphatic heterocycles. The van der Waals surface area contributed by atoms with Crippen LogP contribution in [0.25, 0.3) is 17.0 Å². The summed E-state index contributed by atoms with van der Waals surface area (Å²) in [6, 6.07) is 15.6. The third kappa shape index (κ3) is 3.38.